The van der Waals surface area contributed by atoms with Crippen molar-refractivity contribution in [2.24, 2.45) is 17.8 Å². The first-order valence-corrected chi connectivity index (χ1v) is 12.5. The molecule has 35 heavy (non-hydrogen) atoms. The molecule has 3 saturated carbocycles. The zero-order valence-corrected chi connectivity index (χ0v) is 19.7. The summed E-state index contributed by atoms with van der Waals surface area (Å²) in [6, 6.07) is 4.61. The number of carbonyl (C=O) groups is 1. The summed E-state index contributed by atoms with van der Waals surface area (Å²) in [5.41, 5.74) is 1.08. The molecule has 3 fully saturated rings. The summed E-state index contributed by atoms with van der Waals surface area (Å²) in [6.45, 7) is 1.93. The molecule has 7 rings (SSSR count). The lowest BCUT2D eigenvalue weighted by molar-refractivity contribution is -0.148. The largest absolute Gasteiger partial charge is 0.481 e. The van der Waals surface area contributed by atoms with E-state index in [4.69, 9.17) is 0 Å². The van der Waals surface area contributed by atoms with E-state index in [-0.39, 0.29) is 29.2 Å². The van der Waals surface area contributed by atoms with Gasteiger partial charge in [-0.15, -0.1) is 11.3 Å². The Balaban J connectivity index is 1.50. The molecule has 0 saturated heterocycles. The number of halogens is 2. The summed E-state index contributed by atoms with van der Waals surface area (Å²) in [6.07, 6.45) is 6.33. The standard InChI is InChI=1S/C25H23F2N5O2S/c1-11-2-7-17(35-11)21-19(27)24(30-20-13-5-3-12(4-6-13)18(20)25(33)34)32-23(31-21)16-10-29-22-15(16)8-14(26)9-28-22/h2,7-10,12-13,18,20H,3-6H2,1H3,(H,28,29)(H,33,34)(H,30,31,32). The maximum absolute atomic E-state index is 15.9. The van der Waals surface area contributed by atoms with Gasteiger partial charge in [0, 0.05) is 28.1 Å². The van der Waals surface area contributed by atoms with Gasteiger partial charge in [-0.2, -0.15) is 0 Å². The molecule has 3 aliphatic rings. The van der Waals surface area contributed by atoms with Crippen molar-refractivity contribution < 1.29 is 18.7 Å². The van der Waals surface area contributed by atoms with E-state index in [0.717, 1.165) is 36.8 Å². The average Bonchev–Trinajstić information content (AvgIpc) is 3.46. The Morgan fingerprint density at radius 1 is 1.17 bits per heavy atom. The zero-order valence-electron chi connectivity index (χ0n) is 18.9. The first-order valence-electron chi connectivity index (χ1n) is 11.7. The summed E-state index contributed by atoms with van der Waals surface area (Å²) in [4.78, 5) is 29.9. The zero-order chi connectivity index (χ0) is 24.3. The van der Waals surface area contributed by atoms with Crippen molar-refractivity contribution in [3.05, 3.63) is 47.1 Å². The summed E-state index contributed by atoms with van der Waals surface area (Å²) >= 11 is 1.41. The SMILES string of the molecule is Cc1ccc(-c2nc(-c3c[nH]c4ncc(F)cc34)nc(NC3C4CCC(CC4)C3C(=O)O)c2F)s1. The molecule has 0 aromatic carbocycles. The van der Waals surface area contributed by atoms with Gasteiger partial charge in [-0.3, -0.25) is 4.79 Å². The van der Waals surface area contributed by atoms with Gasteiger partial charge in [0.05, 0.1) is 17.0 Å². The lowest BCUT2D eigenvalue weighted by atomic mass is 9.61. The van der Waals surface area contributed by atoms with E-state index in [0.29, 0.717) is 21.5 Å². The number of hydrogen-bond donors (Lipinski definition) is 3. The monoisotopic (exact) mass is 495 g/mol. The van der Waals surface area contributed by atoms with Crippen molar-refractivity contribution in [1.82, 2.24) is 19.9 Å². The molecule has 2 unspecified atom stereocenters. The smallest absolute Gasteiger partial charge is 0.308 e. The Hall–Kier alpha value is -3.40. The van der Waals surface area contributed by atoms with Crippen molar-refractivity contribution in [3.63, 3.8) is 0 Å². The first kappa shape index (κ1) is 22.1. The molecule has 3 aliphatic carbocycles. The molecule has 2 atom stereocenters. The Labute approximate surface area is 203 Å². The van der Waals surface area contributed by atoms with Crippen LogP contribution in [0.3, 0.4) is 0 Å². The van der Waals surface area contributed by atoms with Crippen LogP contribution in [0.4, 0.5) is 14.6 Å². The Bertz CT molecular complexity index is 1440. The van der Waals surface area contributed by atoms with Crippen molar-refractivity contribution in [2.75, 3.05) is 5.32 Å². The highest BCUT2D eigenvalue weighted by Gasteiger charge is 2.47. The number of nitrogens with zero attached hydrogens (tertiary/aromatic N) is 3. The summed E-state index contributed by atoms with van der Waals surface area (Å²) < 4.78 is 29.9. The van der Waals surface area contributed by atoms with E-state index >= 15 is 4.39 Å². The number of aryl methyl sites for hydroxylation is 1. The maximum Gasteiger partial charge on any atom is 0.308 e. The number of thiophene rings is 1. The topological polar surface area (TPSA) is 104 Å². The number of carboxylic acid groups (broad SMARTS) is 1. The molecule has 180 valence electrons. The number of aromatic amines is 1. The molecule has 0 spiro atoms. The number of pyridine rings is 1. The van der Waals surface area contributed by atoms with Gasteiger partial charge in [0.25, 0.3) is 0 Å². The summed E-state index contributed by atoms with van der Waals surface area (Å²) in [7, 11) is 0. The van der Waals surface area contributed by atoms with Crippen LogP contribution in [0.5, 0.6) is 0 Å². The number of nitrogens with one attached hydrogen (secondary N) is 2. The van der Waals surface area contributed by atoms with Crippen LogP contribution in [-0.4, -0.2) is 37.1 Å². The van der Waals surface area contributed by atoms with E-state index < -0.39 is 29.6 Å². The predicted molar refractivity (Wildman–Crippen MR) is 129 cm³/mol. The van der Waals surface area contributed by atoms with Gasteiger partial charge >= 0.3 is 5.97 Å². The van der Waals surface area contributed by atoms with Crippen LogP contribution in [0.2, 0.25) is 0 Å². The normalized spacial score (nSPS) is 23.6. The predicted octanol–water partition coefficient (Wildman–Crippen LogP) is 5.64. The fourth-order valence-electron chi connectivity index (χ4n) is 5.72. The number of H-pyrrole nitrogens is 1. The van der Waals surface area contributed by atoms with Gasteiger partial charge in [0.2, 0.25) is 0 Å². The Morgan fingerprint density at radius 3 is 2.66 bits per heavy atom. The molecule has 0 aliphatic heterocycles. The van der Waals surface area contributed by atoms with Gasteiger partial charge in [-0.05, 0) is 62.6 Å². The molecule has 0 amide bonds. The molecule has 3 N–H and O–H groups in total. The summed E-state index contributed by atoms with van der Waals surface area (Å²) in [5.74, 6) is -2.20. The average molecular weight is 496 g/mol. The van der Waals surface area contributed by atoms with E-state index in [2.05, 4.69) is 25.3 Å². The fourth-order valence-corrected chi connectivity index (χ4v) is 6.57. The van der Waals surface area contributed by atoms with Gasteiger partial charge in [-0.1, -0.05) is 0 Å². The van der Waals surface area contributed by atoms with E-state index in [1.807, 2.05) is 13.0 Å². The molecule has 2 bridgehead atoms. The second-order valence-corrected chi connectivity index (χ2v) is 10.7. The lowest BCUT2D eigenvalue weighted by Crippen LogP contribution is -2.51. The third-order valence-corrected chi connectivity index (χ3v) is 8.38. The Kier molecular flexibility index (Phi) is 5.28. The van der Waals surface area contributed by atoms with E-state index in [1.54, 1.807) is 12.3 Å². The van der Waals surface area contributed by atoms with Crippen molar-refractivity contribution in [1.29, 1.82) is 0 Å². The molecule has 4 aromatic heterocycles. The highest BCUT2D eigenvalue weighted by Crippen LogP contribution is 2.47. The molecular weight excluding hydrogens is 472 g/mol. The number of carboxylic acids is 1. The summed E-state index contributed by atoms with van der Waals surface area (Å²) in [5, 5.41) is 13.6. The van der Waals surface area contributed by atoms with Crippen LogP contribution in [-0.2, 0) is 4.79 Å². The molecular formula is C25H23F2N5O2S. The number of anilines is 1. The number of rotatable bonds is 5. The minimum atomic E-state index is -0.862. The molecule has 4 heterocycles. The molecule has 7 nitrogen and oxygen atoms in total. The fraction of sp³-hybridized carbons (Fsp3) is 0.360. The van der Waals surface area contributed by atoms with Crippen molar-refractivity contribution >= 4 is 34.2 Å². The van der Waals surface area contributed by atoms with Crippen molar-refractivity contribution in [3.8, 4) is 22.0 Å². The number of fused-ring (bicyclic) bond motifs is 4. The third-order valence-electron chi connectivity index (χ3n) is 7.37. The second kappa shape index (κ2) is 8.37. The Morgan fingerprint density at radius 2 is 1.94 bits per heavy atom. The van der Waals surface area contributed by atoms with Crippen LogP contribution >= 0.6 is 11.3 Å². The first-order chi connectivity index (χ1) is 16.9. The van der Waals surface area contributed by atoms with Crippen LogP contribution < -0.4 is 5.32 Å². The number of aliphatic carboxylic acids is 1. The van der Waals surface area contributed by atoms with Crippen LogP contribution in [0.25, 0.3) is 33.0 Å². The number of hydrogen-bond acceptors (Lipinski definition) is 6. The molecule has 4 aromatic rings. The van der Waals surface area contributed by atoms with Crippen LogP contribution in [0, 0.1) is 36.3 Å². The van der Waals surface area contributed by atoms with E-state index in [9.17, 15) is 14.3 Å². The van der Waals surface area contributed by atoms with Gasteiger partial charge in [0.1, 0.15) is 17.2 Å². The van der Waals surface area contributed by atoms with E-state index in [1.165, 1.54) is 17.4 Å². The van der Waals surface area contributed by atoms with Gasteiger partial charge in [-0.25, -0.2) is 23.7 Å². The van der Waals surface area contributed by atoms with Gasteiger partial charge in [0.15, 0.2) is 17.5 Å². The highest BCUT2D eigenvalue weighted by molar-refractivity contribution is 7.15. The highest BCUT2D eigenvalue weighted by atomic mass is 32.1. The minimum Gasteiger partial charge on any atom is -0.481 e. The van der Waals surface area contributed by atoms with Crippen LogP contribution in [0.1, 0.15) is 30.6 Å². The van der Waals surface area contributed by atoms with Crippen LogP contribution in [0.15, 0.2) is 30.6 Å². The third kappa shape index (κ3) is 3.76. The second-order valence-electron chi connectivity index (χ2n) is 9.43. The minimum absolute atomic E-state index is 0.0291. The molecule has 10 heteroatoms. The maximum atomic E-state index is 15.9. The quantitative estimate of drug-likeness (QED) is 0.331. The van der Waals surface area contributed by atoms with Crippen molar-refractivity contribution in [2.45, 2.75) is 38.6 Å². The number of aromatic nitrogens is 4. The molecule has 0 radical (unpaired) electrons. The lowest BCUT2D eigenvalue weighted by Gasteiger charge is -2.47. The van der Waals surface area contributed by atoms with Gasteiger partial charge < -0.3 is 15.4 Å².